The van der Waals surface area contributed by atoms with Crippen molar-refractivity contribution >= 4 is 16.6 Å². The molecule has 4 rings (SSSR count). The standard InChI is InChI=1S/C20H22O/c1-3-12-9-13(4-2)19-18(12)16-10-14-7-5-6-8-15(14)11-17(16)20(19)21/h5-8,10-13,18-19H,3-4,9H2,1-2H3. The second-order valence-electron chi connectivity index (χ2n) is 6.77. The molecule has 108 valence electrons. The molecule has 1 fully saturated rings. The highest BCUT2D eigenvalue weighted by atomic mass is 16.1. The maximum atomic E-state index is 13.0. The average Bonchev–Trinajstić information content (AvgIpc) is 3.03. The molecule has 0 spiro atoms. The summed E-state index contributed by atoms with van der Waals surface area (Å²) in [5, 5.41) is 2.48. The minimum Gasteiger partial charge on any atom is -0.294 e. The smallest absolute Gasteiger partial charge is 0.167 e. The third-order valence-electron chi connectivity index (χ3n) is 5.90. The number of Topliss-reactive ketones (excluding diaryl/α,β-unsaturated/α-hetero) is 1. The Morgan fingerprint density at radius 1 is 0.952 bits per heavy atom. The van der Waals surface area contributed by atoms with Gasteiger partial charge in [-0.05, 0) is 46.6 Å². The van der Waals surface area contributed by atoms with Crippen molar-refractivity contribution in [3.05, 3.63) is 47.5 Å². The zero-order valence-corrected chi connectivity index (χ0v) is 12.8. The van der Waals surface area contributed by atoms with Gasteiger partial charge in [0.2, 0.25) is 0 Å². The van der Waals surface area contributed by atoms with Crippen LogP contribution in [0.15, 0.2) is 36.4 Å². The quantitative estimate of drug-likeness (QED) is 0.738. The molecule has 4 unspecified atom stereocenters. The fourth-order valence-corrected chi connectivity index (χ4v) is 4.86. The largest absolute Gasteiger partial charge is 0.294 e. The van der Waals surface area contributed by atoms with E-state index in [0.717, 1.165) is 12.0 Å². The Hall–Kier alpha value is -1.63. The summed E-state index contributed by atoms with van der Waals surface area (Å²) in [4.78, 5) is 13.0. The predicted octanol–water partition coefficient (Wildman–Crippen LogP) is 5.19. The Labute approximate surface area is 126 Å². The van der Waals surface area contributed by atoms with E-state index >= 15 is 0 Å². The maximum Gasteiger partial charge on any atom is 0.167 e. The molecule has 0 radical (unpaired) electrons. The molecule has 0 saturated heterocycles. The topological polar surface area (TPSA) is 17.1 Å². The molecule has 0 bridgehead atoms. The van der Waals surface area contributed by atoms with Gasteiger partial charge in [-0.15, -0.1) is 0 Å². The Kier molecular flexibility index (Phi) is 2.92. The van der Waals surface area contributed by atoms with Crippen LogP contribution in [-0.4, -0.2) is 5.78 Å². The zero-order chi connectivity index (χ0) is 14.6. The zero-order valence-electron chi connectivity index (χ0n) is 12.8. The van der Waals surface area contributed by atoms with Gasteiger partial charge in [0.15, 0.2) is 5.78 Å². The molecule has 0 aromatic heterocycles. The lowest BCUT2D eigenvalue weighted by atomic mass is 9.85. The van der Waals surface area contributed by atoms with Crippen LogP contribution in [0.2, 0.25) is 0 Å². The Morgan fingerprint density at radius 2 is 1.57 bits per heavy atom. The van der Waals surface area contributed by atoms with Crippen LogP contribution in [0.3, 0.4) is 0 Å². The van der Waals surface area contributed by atoms with Gasteiger partial charge in [0.25, 0.3) is 0 Å². The summed E-state index contributed by atoms with van der Waals surface area (Å²) in [5.41, 5.74) is 2.35. The molecule has 0 N–H and O–H groups in total. The van der Waals surface area contributed by atoms with E-state index in [0.29, 0.717) is 23.5 Å². The molecule has 4 atom stereocenters. The number of carbonyl (C=O) groups excluding carboxylic acids is 1. The van der Waals surface area contributed by atoms with Crippen molar-refractivity contribution in [3.63, 3.8) is 0 Å². The fourth-order valence-electron chi connectivity index (χ4n) is 4.86. The number of rotatable bonds is 2. The van der Waals surface area contributed by atoms with E-state index in [1.165, 1.54) is 29.2 Å². The van der Waals surface area contributed by atoms with E-state index in [2.05, 4.69) is 50.2 Å². The van der Waals surface area contributed by atoms with Crippen LogP contribution >= 0.6 is 0 Å². The lowest BCUT2D eigenvalue weighted by Crippen LogP contribution is -2.16. The molecule has 2 aliphatic rings. The van der Waals surface area contributed by atoms with E-state index in [9.17, 15) is 4.79 Å². The summed E-state index contributed by atoms with van der Waals surface area (Å²) >= 11 is 0. The number of hydrogen-bond acceptors (Lipinski definition) is 1. The first-order chi connectivity index (χ1) is 10.2. The van der Waals surface area contributed by atoms with Crippen molar-refractivity contribution in [2.75, 3.05) is 0 Å². The van der Waals surface area contributed by atoms with E-state index in [1.54, 1.807) is 0 Å². The molecule has 1 heteroatoms. The highest BCUT2D eigenvalue weighted by molar-refractivity contribution is 6.07. The summed E-state index contributed by atoms with van der Waals surface area (Å²) in [6.07, 6.45) is 3.56. The molecule has 1 nitrogen and oxygen atoms in total. The fraction of sp³-hybridized carbons (Fsp3) is 0.450. The van der Waals surface area contributed by atoms with Gasteiger partial charge in [0.1, 0.15) is 0 Å². The first-order valence-electron chi connectivity index (χ1n) is 8.31. The summed E-state index contributed by atoms with van der Waals surface area (Å²) in [7, 11) is 0. The third-order valence-corrected chi connectivity index (χ3v) is 5.90. The third kappa shape index (κ3) is 1.73. The molecule has 1 saturated carbocycles. The monoisotopic (exact) mass is 278 g/mol. The highest BCUT2D eigenvalue weighted by Gasteiger charge is 2.51. The van der Waals surface area contributed by atoms with Crippen LogP contribution in [0.1, 0.15) is 54.9 Å². The first-order valence-corrected chi connectivity index (χ1v) is 8.31. The van der Waals surface area contributed by atoms with Gasteiger partial charge in [-0.2, -0.15) is 0 Å². The number of carbonyl (C=O) groups is 1. The molecule has 2 aromatic rings. The van der Waals surface area contributed by atoms with E-state index < -0.39 is 0 Å². The summed E-state index contributed by atoms with van der Waals surface area (Å²) in [6.45, 7) is 4.52. The van der Waals surface area contributed by atoms with Crippen LogP contribution < -0.4 is 0 Å². The number of benzene rings is 2. The van der Waals surface area contributed by atoms with Crippen molar-refractivity contribution in [1.29, 1.82) is 0 Å². The van der Waals surface area contributed by atoms with Crippen molar-refractivity contribution in [3.8, 4) is 0 Å². The predicted molar refractivity (Wildman–Crippen MR) is 86.7 cm³/mol. The lowest BCUT2D eigenvalue weighted by molar-refractivity contribution is 0.0897. The van der Waals surface area contributed by atoms with Gasteiger partial charge in [-0.3, -0.25) is 4.79 Å². The normalized spacial score (nSPS) is 30.7. The van der Waals surface area contributed by atoms with Crippen LogP contribution in [0.5, 0.6) is 0 Å². The van der Waals surface area contributed by atoms with Crippen LogP contribution in [0.25, 0.3) is 10.8 Å². The second-order valence-corrected chi connectivity index (χ2v) is 6.77. The minimum absolute atomic E-state index is 0.256. The molecular formula is C20H22O. The van der Waals surface area contributed by atoms with Gasteiger partial charge < -0.3 is 0 Å². The van der Waals surface area contributed by atoms with E-state index in [-0.39, 0.29) is 5.92 Å². The van der Waals surface area contributed by atoms with Crippen LogP contribution in [-0.2, 0) is 0 Å². The first kappa shape index (κ1) is 13.1. The molecular weight excluding hydrogens is 256 g/mol. The molecule has 0 heterocycles. The Bertz CT molecular complexity index is 715. The molecule has 0 amide bonds. The van der Waals surface area contributed by atoms with Crippen molar-refractivity contribution in [2.45, 2.75) is 39.0 Å². The van der Waals surface area contributed by atoms with Crippen molar-refractivity contribution in [1.82, 2.24) is 0 Å². The van der Waals surface area contributed by atoms with E-state index in [1.807, 2.05) is 0 Å². The van der Waals surface area contributed by atoms with Crippen molar-refractivity contribution in [2.24, 2.45) is 17.8 Å². The maximum absolute atomic E-state index is 13.0. The Morgan fingerprint density at radius 3 is 2.24 bits per heavy atom. The minimum atomic E-state index is 0.256. The van der Waals surface area contributed by atoms with Crippen molar-refractivity contribution < 1.29 is 4.79 Å². The average molecular weight is 278 g/mol. The second kappa shape index (κ2) is 4.69. The molecule has 2 aromatic carbocycles. The highest BCUT2D eigenvalue weighted by Crippen LogP contribution is 2.56. The Balaban J connectivity index is 1.91. The van der Waals surface area contributed by atoms with E-state index in [4.69, 9.17) is 0 Å². The SMILES string of the molecule is CCC1CC(CC)C2c3cc4ccccc4cc3C(=O)C12. The number of hydrogen-bond donors (Lipinski definition) is 0. The van der Waals surface area contributed by atoms with Gasteiger partial charge in [-0.25, -0.2) is 0 Å². The van der Waals surface area contributed by atoms with Gasteiger partial charge in [-0.1, -0.05) is 57.0 Å². The molecule has 2 aliphatic carbocycles. The van der Waals surface area contributed by atoms with Gasteiger partial charge in [0.05, 0.1) is 0 Å². The van der Waals surface area contributed by atoms with Crippen LogP contribution in [0, 0.1) is 17.8 Å². The number of fused-ring (bicyclic) bond motifs is 4. The molecule has 21 heavy (non-hydrogen) atoms. The lowest BCUT2D eigenvalue weighted by Gasteiger charge is -2.18. The molecule has 0 aliphatic heterocycles. The summed E-state index contributed by atoms with van der Waals surface area (Å²) < 4.78 is 0. The van der Waals surface area contributed by atoms with Gasteiger partial charge in [0, 0.05) is 11.5 Å². The van der Waals surface area contributed by atoms with Gasteiger partial charge >= 0.3 is 0 Å². The number of ketones is 1. The van der Waals surface area contributed by atoms with Crippen LogP contribution in [0.4, 0.5) is 0 Å². The summed E-state index contributed by atoms with van der Waals surface area (Å²) in [6, 6.07) is 12.9. The summed E-state index contributed by atoms with van der Waals surface area (Å²) in [5.74, 6) is 2.43.